The molecule has 0 unspecified atom stereocenters. The molecule has 0 bridgehead atoms. The van der Waals surface area contributed by atoms with Crippen molar-refractivity contribution in [1.82, 2.24) is 4.90 Å². The molecule has 7 nitrogen and oxygen atoms in total. The van der Waals surface area contributed by atoms with Gasteiger partial charge in [-0.25, -0.2) is 0 Å². The lowest BCUT2D eigenvalue weighted by molar-refractivity contribution is -0.135. The number of amides is 2. The normalized spacial score (nSPS) is 17.5. The van der Waals surface area contributed by atoms with E-state index in [1.54, 1.807) is 16.8 Å². The van der Waals surface area contributed by atoms with Gasteiger partial charge in [0.15, 0.2) is 11.5 Å². The van der Waals surface area contributed by atoms with E-state index in [0.717, 1.165) is 5.56 Å². The molecule has 7 heteroatoms. The molecule has 2 aliphatic rings. The Hall–Kier alpha value is -3.22. The second kappa shape index (κ2) is 8.03. The van der Waals surface area contributed by atoms with Crippen LogP contribution in [0.15, 0.2) is 42.5 Å². The first-order chi connectivity index (χ1) is 14.1. The molecule has 2 aromatic rings. The summed E-state index contributed by atoms with van der Waals surface area (Å²) in [5.74, 6) is 1.58. The highest BCUT2D eigenvalue weighted by Crippen LogP contribution is 2.35. The third-order valence-corrected chi connectivity index (χ3v) is 5.16. The molecule has 0 N–H and O–H groups in total. The molecule has 29 heavy (non-hydrogen) atoms. The Labute approximate surface area is 169 Å². The summed E-state index contributed by atoms with van der Waals surface area (Å²) >= 11 is 0. The van der Waals surface area contributed by atoms with Crippen LogP contribution in [0.5, 0.6) is 17.2 Å². The average Bonchev–Trinajstić information content (AvgIpc) is 3.34. The van der Waals surface area contributed by atoms with E-state index < -0.39 is 0 Å². The lowest BCUT2D eigenvalue weighted by Crippen LogP contribution is -2.34. The number of anilines is 1. The minimum atomic E-state index is -0.379. The Kier molecular flexibility index (Phi) is 5.29. The number of ether oxygens (including phenoxy) is 3. The molecule has 2 aliphatic heterocycles. The van der Waals surface area contributed by atoms with Crippen molar-refractivity contribution in [3.8, 4) is 17.2 Å². The predicted octanol–water partition coefficient (Wildman–Crippen LogP) is 2.83. The van der Waals surface area contributed by atoms with Crippen LogP contribution in [-0.4, -0.2) is 43.7 Å². The monoisotopic (exact) mass is 396 g/mol. The predicted molar refractivity (Wildman–Crippen MR) is 107 cm³/mol. The highest BCUT2D eigenvalue weighted by Gasteiger charge is 2.37. The van der Waals surface area contributed by atoms with Crippen LogP contribution in [0.1, 0.15) is 18.9 Å². The summed E-state index contributed by atoms with van der Waals surface area (Å²) in [6, 6.07) is 13.1. The number of para-hydroxylation sites is 2. The largest absolute Gasteiger partial charge is 0.492 e. The topological polar surface area (TPSA) is 68.3 Å². The van der Waals surface area contributed by atoms with Crippen molar-refractivity contribution in [1.29, 1.82) is 0 Å². The SMILES string of the molecule is CCOc1ccccc1N1C[C@@H](C(=O)N(C)Cc2ccc3c(c2)OCO3)CC1=O. The molecular formula is C22H24N2O5. The maximum Gasteiger partial charge on any atom is 0.231 e. The van der Waals surface area contributed by atoms with Crippen molar-refractivity contribution in [2.24, 2.45) is 5.92 Å². The maximum absolute atomic E-state index is 13.0. The fourth-order valence-electron chi connectivity index (χ4n) is 3.77. The van der Waals surface area contributed by atoms with Crippen molar-refractivity contribution in [3.63, 3.8) is 0 Å². The van der Waals surface area contributed by atoms with E-state index in [1.165, 1.54) is 0 Å². The molecule has 1 atom stereocenters. The summed E-state index contributed by atoms with van der Waals surface area (Å²) < 4.78 is 16.4. The number of carbonyl (C=O) groups is 2. The van der Waals surface area contributed by atoms with Gasteiger partial charge in [0.25, 0.3) is 0 Å². The van der Waals surface area contributed by atoms with Gasteiger partial charge in [0.1, 0.15) is 5.75 Å². The maximum atomic E-state index is 13.0. The fourth-order valence-corrected chi connectivity index (χ4v) is 3.77. The zero-order valence-electron chi connectivity index (χ0n) is 16.6. The molecule has 0 spiro atoms. The summed E-state index contributed by atoms with van der Waals surface area (Å²) in [7, 11) is 1.76. The first-order valence-corrected chi connectivity index (χ1v) is 9.72. The third kappa shape index (κ3) is 3.85. The average molecular weight is 396 g/mol. The van der Waals surface area contributed by atoms with E-state index in [9.17, 15) is 9.59 Å². The quantitative estimate of drug-likeness (QED) is 0.751. The molecule has 0 aliphatic carbocycles. The smallest absolute Gasteiger partial charge is 0.231 e. The van der Waals surface area contributed by atoms with Gasteiger partial charge in [0, 0.05) is 26.6 Å². The van der Waals surface area contributed by atoms with Gasteiger partial charge in [-0.1, -0.05) is 18.2 Å². The first kappa shape index (κ1) is 19.1. The third-order valence-electron chi connectivity index (χ3n) is 5.16. The number of benzene rings is 2. The molecule has 0 aromatic heterocycles. The van der Waals surface area contributed by atoms with Crippen LogP contribution in [0.2, 0.25) is 0 Å². The number of rotatable bonds is 6. The van der Waals surface area contributed by atoms with Crippen molar-refractivity contribution in [2.75, 3.05) is 31.9 Å². The molecule has 0 saturated carbocycles. The molecule has 0 radical (unpaired) electrons. The fraction of sp³-hybridized carbons (Fsp3) is 0.364. The van der Waals surface area contributed by atoms with Crippen molar-refractivity contribution in [3.05, 3.63) is 48.0 Å². The van der Waals surface area contributed by atoms with Gasteiger partial charge in [-0.3, -0.25) is 9.59 Å². The summed E-state index contributed by atoms with van der Waals surface area (Å²) in [5, 5.41) is 0. The van der Waals surface area contributed by atoms with Crippen LogP contribution in [0.3, 0.4) is 0 Å². The molecule has 1 saturated heterocycles. The van der Waals surface area contributed by atoms with Gasteiger partial charge in [-0.15, -0.1) is 0 Å². The second-order valence-corrected chi connectivity index (χ2v) is 7.19. The van der Waals surface area contributed by atoms with E-state index >= 15 is 0 Å². The van der Waals surface area contributed by atoms with Gasteiger partial charge >= 0.3 is 0 Å². The molecular weight excluding hydrogens is 372 g/mol. The van der Waals surface area contributed by atoms with Crippen LogP contribution >= 0.6 is 0 Å². The van der Waals surface area contributed by atoms with Gasteiger partial charge < -0.3 is 24.0 Å². The highest BCUT2D eigenvalue weighted by molar-refractivity contribution is 6.01. The number of hydrogen-bond donors (Lipinski definition) is 0. The zero-order chi connectivity index (χ0) is 20.4. The number of nitrogens with zero attached hydrogens (tertiary/aromatic N) is 2. The summed E-state index contributed by atoms with van der Waals surface area (Å²) in [6.45, 7) is 3.43. The Morgan fingerprint density at radius 1 is 1.21 bits per heavy atom. The Balaban J connectivity index is 1.44. The molecule has 4 rings (SSSR count). The first-order valence-electron chi connectivity index (χ1n) is 9.72. The zero-order valence-corrected chi connectivity index (χ0v) is 16.6. The number of carbonyl (C=O) groups excluding carboxylic acids is 2. The van der Waals surface area contributed by atoms with Crippen LogP contribution in [0, 0.1) is 5.92 Å². The van der Waals surface area contributed by atoms with E-state index in [2.05, 4.69) is 0 Å². The minimum absolute atomic E-state index is 0.0487. The lowest BCUT2D eigenvalue weighted by Gasteiger charge is -2.22. The Bertz CT molecular complexity index is 929. The van der Waals surface area contributed by atoms with Gasteiger partial charge in [0.05, 0.1) is 18.2 Å². The van der Waals surface area contributed by atoms with Crippen molar-refractivity contribution in [2.45, 2.75) is 19.9 Å². The summed E-state index contributed by atoms with van der Waals surface area (Å²) in [6.07, 6.45) is 0.199. The summed E-state index contributed by atoms with van der Waals surface area (Å²) in [5.41, 5.74) is 1.67. The Morgan fingerprint density at radius 2 is 2.00 bits per heavy atom. The molecule has 1 fully saturated rings. The van der Waals surface area contributed by atoms with Crippen LogP contribution < -0.4 is 19.1 Å². The van der Waals surface area contributed by atoms with E-state index in [4.69, 9.17) is 14.2 Å². The van der Waals surface area contributed by atoms with Crippen LogP contribution in [0.25, 0.3) is 0 Å². The number of hydrogen-bond acceptors (Lipinski definition) is 5. The molecule has 2 heterocycles. The molecule has 152 valence electrons. The van der Waals surface area contributed by atoms with Crippen molar-refractivity contribution < 1.29 is 23.8 Å². The van der Waals surface area contributed by atoms with Gasteiger partial charge in [-0.2, -0.15) is 0 Å². The van der Waals surface area contributed by atoms with Gasteiger partial charge in [0.2, 0.25) is 18.6 Å². The standard InChI is InChI=1S/C22H24N2O5/c1-3-27-18-7-5-4-6-17(18)24-13-16(11-21(24)25)22(26)23(2)12-15-8-9-19-20(10-15)29-14-28-19/h4-10,16H,3,11-14H2,1-2H3/t16-/m0/s1. The highest BCUT2D eigenvalue weighted by atomic mass is 16.7. The molecule has 2 aromatic carbocycles. The number of fused-ring (bicyclic) bond motifs is 1. The minimum Gasteiger partial charge on any atom is -0.492 e. The van der Waals surface area contributed by atoms with E-state index in [1.807, 2.05) is 49.4 Å². The molecule has 2 amide bonds. The van der Waals surface area contributed by atoms with E-state index in [0.29, 0.717) is 42.6 Å². The van der Waals surface area contributed by atoms with Crippen molar-refractivity contribution >= 4 is 17.5 Å². The summed E-state index contributed by atoms with van der Waals surface area (Å²) in [4.78, 5) is 28.9. The van der Waals surface area contributed by atoms with Crippen LogP contribution in [-0.2, 0) is 16.1 Å². The second-order valence-electron chi connectivity index (χ2n) is 7.19. The van der Waals surface area contributed by atoms with E-state index in [-0.39, 0.29) is 30.9 Å². The van der Waals surface area contributed by atoms with Crippen LogP contribution in [0.4, 0.5) is 5.69 Å². The van der Waals surface area contributed by atoms with Gasteiger partial charge in [-0.05, 0) is 36.8 Å². The lowest BCUT2D eigenvalue weighted by atomic mass is 10.1. The Morgan fingerprint density at radius 3 is 2.83 bits per heavy atom.